The van der Waals surface area contributed by atoms with E-state index in [4.69, 9.17) is 4.74 Å². The summed E-state index contributed by atoms with van der Waals surface area (Å²) < 4.78 is 5.66. The third-order valence-electron chi connectivity index (χ3n) is 2.76. The van der Waals surface area contributed by atoms with E-state index in [1.807, 2.05) is 26.0 Å². The maximum Gasteiger partial charge on any atom is 0.268 e. The lowest BCUT2D eigenvalue weighted by molar-refractivity contribution is -0.129. The maximum absolute atomic E-state index is 11.6. The monoisotopic (exact) mass is 205 g/mol. The summed E-state index contributed by atoms with van der Waals surface area (Å²) in [5, 5.41) is 2.85. The van der Waals surface area contributed by atoms with Crippen molar-refractivity contribution in [2.45, 2.75) is 33.3 Å². The zero-order valence-electron chi connectivity index (χ0n) is 9.47. The van der Waals surface area contributed by atoms with Crippen LogP contribution in [0.1, 0.15) is 25.0 Å². The second kappa shape index (κ2) is 2.99. The van der Waals surface area contributed by atoms with Gasteiger partial charge in [0.15, 0.2) is 5.60 Å². The number of rotatable bonds is 0. The SMILES string of the molecule is Cc1cc2c(cc1C)OC(C)(C)C(=O)N2. The smallest absolute Gasteiger partial charge is 0.268 e. The summed E-state index contributed by atoms with van der Waals surface area (Å²) in [6.07, 6.45) is 0. The van der Waals surface area contributed by atoms with E-state index >= 15 is 0 Å². The van der Waals surface area contributed by atoms with Crippen LogP contribution in [0.4, 0.5) is 5.69 Å². The molecule has 0 saturated heterocycles. The minimum atomic E-state index is -0.783. The molecule has 3 heteroatoms. The highest BCUT2D eigenvalue weighted by molar-refractivity contribution is 6.00. The first kappa shape index (κ1) is 10.0. The molecule has 0 aromatic heterocycles. The fraction of sp³-hybridized carbons (Fsp3) is 0.417. The molecule has 1 amide bonds. The molecule has 0 unspecified atom stereocenters. The van der Waals surface area contributed by atoms with Gasteiger partial charge in [0.05, 0.1) is 5.69 Å². The molecule has 15 heavy (non-hydrogen) atoms. The summed E-state index contributed by atoms with van der Waals surface area (Å²) >= 11 is 0. The Labute approximate surface area is 89.4 Å². The third-order valence-corrected chi connectivity index (χ3v) is 2.76. The number of nitrogens with one attached hydrogen (secondary N) is 1. The maximum atomic E-state index is 11.6. The van der Waals surface area contributed by atoms with E-state index in [9.17, 15) is 4.79 Å². The van der Waals surface area contributed by atoms with Crippen LogP contribution in [0.3, 0.4) is 0 Å². The van der Waals surface area contributed by atoms with Gasteiger partial charge in [-0.2, -0.15) is 0 Å². The fourth-order valence-corrected chi connectivity index (χ4v) is 1.57. The van der Waals surface area contributed by atoms with Gasteiger partial charge >= 0.3 is 0 Å². The second-order valence-corrected chi connectivity index (χ2v) is 4.50. The van der Waals surface area contributed by atoms with Crippen LogP contribution in [-0.2, 0) is 4.79 Å². The van der Waals surface area contributed by atoms with Gasteiger partial charge in [-0.25, -0.2) is 0 Å². The molecule has 0 fully saturated rings. The molecule has 0 atom stereocenters. The van der Waals surface area contributed by atoms with Gasteiger partial charge in [0.2, 0.25) is 0 Å². The van der Waals surface area contributed by atoms with Crippen molar-refractivity contribution in [2.24, 2.45) is 0 Å². The number of benzene rings is 1. The molecule has 0 saturated carbocycles. The predicted octanol–water partition coefficient (Wildman–Crippen LogP) is 2.41. The first-order chi connectivity index (χ1) is 6.90. The molecular formula is C12H15NO2. The van der Waals surface area contributed by atoms with E-state index in [2.05, 4.69) is 5.32 Å². The molecule has 1 aromatic rings. The van der Waals surface area contributed by atoms with Gasteiger partial charge < -0.3 is 10.1 Å². The Morgan fingerprint density at radius 2 is 1.80 bits per heavy atom. The number of carbonyl (C=O) groups excluding carboxylic acids is 1. The molecular weight excluding hydrogens is 190 g/mol. The number of hydrogen-bond donors (Lipinski definition) is 1. The molecule has 1 heterocycles. The zero-order chi connectivity index (χ0) is 11.2. The Bertz CT molecular complexity index is 435. The van der Waals surface area contributed by atoms with Crippen LogP contribution in [0.2, 0.25) is 0 Å². The largest absolute Gasteiger partial charge is 0.476 e. The summed E-state index contributed by atoms with van der Waals surface area (Å²) in [4.78, 5) is 11.6. The molecule has 0 aliphatic carbocycles. The van der Waals surface area contributed by atoms with E-state index in [0.29, 0.717) is 0 Å². The normalized spacial score (nSPS) is 17.7. The fourth-order valence-electron chi connectivity index (χ4n) is 1.57. The number of carbonyl (C=O) groups is 1. The number of ether oxygens (including phenoxy) is 1. The van der Waals surface area contributed by atoms with Crippen molar-refractivity contribution in [2.75, 3.05) is 5.32 Å². The van der Waals surface area contributed by atoms with Crippen molar-refractivity contribution in [1.29, 1.82) is 0 Å². The Kier molecular flexibility index (Phi) is 2.00. The topological polar surface area (TPSA) is 38.3 Å². The highest BCUT2D eigenvalue weighted by Crippen LogP contribution is 2.35. The number of hydrogen-bond acceptors (Lipinski definition) is 2. The lowest BCUT2D eigenvalue weighted by Gasteiger charge is -2.32. The van der Waals surface area contributed by atoms with Gasteiger partial charge in [0.25, 0.3) is 5.91 Å². The summed E-state index contributed by atoms with van der Waals surface area (Å²) in [6.45, 7) is 7.57. The van der Waals surface area contributed by atoms with Crippen LogP contribution in [0.25, 0.3) is 0 Å². The molecule has 0 bridgehead atoms. The highest BCUT2D eigenvalue weighted by atomic mass is 16.5. The summed E-state index contributed by atoms with van der Waals surface area (Å²) in [7, 11) is 0. The highest BCUT2D eigenvalue weighted by Gasteiger charge is 2.35. The molecule has 1 aliphatic rings. The quantitative estimate of drug-likeness (QED) is 0.706. The van der Waals surface area contributed by atoms with E-state index in [0.717, 1.165) is 17.0 Å². The van der Waals surface area contributed by atoms with Crippen molar-refractivity contribution >= 4 is 11.6 Å². The van der Waals surface area contributed by atoms with Crippen LogP contribution in [0.5, 0.6) is 5.75 Å². The van der Waals surface area contributed by atoms with Crippen LogP contribution >= 0.6 is 0 Å². The number of amides is 1. The average molecular weight is 205 g/mol. The van der Waals surface area contributed by atoms with Crippen LogP contribution in [0, 0.1) is 13.8 Å². The van der Waals surface area contributed by atoms with Crippen molar-refractivity contribution in [3.8, 4) is 5.75 Å². The summed E-state index contributed by atoms with van der Waals surface area (Å²) in [6, 6.07) is 3.91. The van der Waals surface area contributed by atoms with Gasteiger partial charge in [-0.3, -0.25) is 4.79 Å². The van der Waals surface area contributed by atoms with E-state index < -0.39 is 5.60 Å². The van der Waals surface area contributed by atoms with E-state index in [-0.39, 0.29) is 5.91 Å². The Balaban J connectivity index is 2.51. The first-order valence-corrected chi connectivity index (χ1v) is 5.02. The van der Waals surface area contributed by atoms with Crippen LogP contribution in [0.15, 0.2) is 12.1 Å². The van der Waals surface area contributed by atoms with E-state index in [1.54, 1.807) is 13.8 Å². The van der Waals surface area contributed by atoms with Gasteiger partial charge in [-0.05, 0) is 51.0 Å². The molecule has 1 aromatic carbocycles. The summed E-state index contributed by atoms with van der Waals surface area (Å²) in [5.41, 5.74) is 2.30. The van der Waals surface area contributed by atoms with Crippen molar-refractivity contribution in [3.05, 3.63) is 23.3 Å². The van der Waals surface area contributed by atoms with E-state index in [1.165, 1.54) is 5.56 Å². The first-order valence-electron chi connectivity index (χ1n) is 5.02. The number of fused-ring (bicyclic) bond motifs is 1. The van der Waals surface area contributed by atoms with Crippen LogP contribution < -0.4 is 10.1 Å². The molecule has 3 nitrogen and oxygen atoms in total. The molecule has 0 radical (unpaired) electrons. The number of anilines is 1. The minimum Gasteiger partial charge on any atom is -0.476 e. The predicted molar refractivity (Wildman–Crippen MR) is 59.3 cm³/mol. The molecule has 1 aliphatic heterocycles. The molecule has 0 spiro atoms. The van der Waals surface area contributed by atoms with Gasteiger partial charge in [0, 0.05) is 0 Å². The molecule has 2 rings (SSSR count). The van der Waals surface area contributed by atoms with Crippen molar-refractivity contribution in [3.63, 3.8) is 0 Å². The Morgan fingerprint density at radius 1 is 1.20 bits per heavy atom. The van der Waals surface area contributed by atoms with Crippen LogP contribution in [-0.4, -0.2) is 11.5 Å². The standard InChI is InChI=1S/C12H15NO2/c1-7-5-9-10(6-8(7)2)15-12(3,4)11(14)13-9/h5-6H,1-4H3,(H,13,14). The Hall–Kier alpha value is -1.51. The third kappa shape index (κ3) is 1.58. The average Bonchev–Trinajstić information content (AvgIpc) is 2.11. The van der Waals surface area contributed by atoms with Crippen molar-refractivity contribution < 1.29 is 9.53 Å². The molecule has 80 valence electrons. The number of aryl methyl sites for hydroxylation is 2. The second-order valence-electron chi connectivity index (χ2n) is 4.50. The van der Waals surface area contributed by atoms with Crippen molar-refractivity contribution in [1.82, 2.24) is 0 Å². The lowest BCUT2D eigenvalue weighted by Crippen LogP contribution is -2.45. The molecule has 1 N–H and O–H groups in total. The van der Waals surface area contributed by atoms with Gasteiger partial charge in [-0.1, -0.05) is 0 Å². The lowest BCUT2D eigenvalue weighted by atomic mass is 10.0. The summed E-state index contributed by atoms with van der Waals surface area (Å²) in [5.74, 6) is 0.654. The zero-order valence-corrected chi connectivity index (χ0v) is 9.47. The van der Waals surface area contributed by atoms with Gasteiger partial charge in [0.1, 0.15) is 5.75 Å². The van der Waals surface area contributed by atoms with Gasteiger partial charge in [-0.15, -0.1) is 0 Å². The minimum absolute atomic E-state index is 0.0988. The Morgan fingerprint density at radius 3 is 2.47 bits per heavy atom.